The largest absolute Gasteiger partial charge is 0.484 e. The Labute approximate surface area is 133 Å². The second-order valence-electron chi connectivity index (χ2n) is 3.80. The molecule has 0 aliphatic rings. The number of nitrogens with one attached hydrogen (secondary N) is 1. The summed E-state index contributed by atoms with van der Waals surface area (Å²) in [6.07, 6.45) is 0. The number of halogens is 2. The SMILES string of the molecule is O=C(COc1ccc(Br)cc1)Nc1cccc(I)c1. The topological polar surface area (TPSA) is 38.3 Å². The van der Waals surface area contributed by atoms with Crippen LogP contribution in [0.3, 0.4) is 0 Å². The van der Waals surface area contributed by atoms with E-state index < -0.39 is 0 Å². The van der Waals surface area contributed by atoms with Gasteiger partial charge in [-0.2, -0.15) is 0 Å². The maximum Gasteiger partial charge on any atom is 0.262 e. The third kappa shape index (κ3) is 4.83. The third-order valence-corrected chi connectivity index (χ3v) is 3.49. The van der Waals surface area contributed by atoms with E-state index in [2.05, 4.69) is 43.8 Å². The Morgan fingerprint density at radius 2 is 1.95 bits per heavy atom. The summed E-state index contributed by atoms with van der Waals surface area (Å²) in [6, 6.07) is 15.0. The molecule has 0 atom stereocenters. The molecule has 2 rings (SSSR count). The molecule has 0 heterocycles. The summed E-state index contributed by atoms with van der Waals surface area (Å²) in [5.74, 6) is 0.492. The molecule has 1 N–H and O–H groups in total. The van der Waals surface area contributed by atoms with Gasteiger partial charge in [0.05, 0.1) is 0 Å². The van der Waals surface area contributed by atoms with E-state index in [1.165, 1.54) is 0 Å². The molecule has 0 fully saturated rings. The molecule has 0 unspecified atom stereocenters. The van der Waals surface area contributed by atoms with Crippen LogP contribution in [0.25, 0.3) is 0 Å². The average Bonchev–Trinajstić information content (AvgIpc) is 2.38. The van der Waals surface area contributed by atoms with Crippen molar-refractivity contribution >= 4 is 50.1 Å². The van der Waals surface area contributed by atoms with Gasteiger partial charge in [-0.1, -0.05) is 22.0 Å². The zero-order chi connectivity index (χ0) is 13.7. The van der Waals surface area contributed by atoms with Crippen molar-refractivity contribution in [2.75, 3.05) is 11.9 Å². The predicted octanol–water partition coefficient (Wildman–Crippen LogP) is 4.07. The van der Waals surface area contributed by atoms with Crippen molar-refractivity contribution in [1.82, 2.24) is 0 Å². The Kier molecular flexibility index (Phi) is 5.21. The number of rotatable bonds is 4. The van der Waals surface area contributed by atoms with E-state index in [-0.39, 0.29) is 12.5 Å². The first-order valence-corrected chi connectivity index (χ1v) is 7.44. The number of ether oxygens (including phenoxy) is 1. The zero-order valence-corrected chi connectivity index (χ0v) is 13.6. The molecule has 0 spiro atoms. The highest BCUT2D eigenvalue weighted by Gasteiger charge is 2.04. The Morgan fingerprint density at radius 1 is 1.21 bits per heavy atom. The number of hydrogen-bond donors (Lipinski definition) is 1. The van der Waals surface area contributed by atoms with E-state index in [4.69, 9.17) is 4.74 Å². The number of benzene rings is 2. The van der Waals surface area contributed by atoms with Gasteiger partial charge in [0.25, 0.3) is 5.91 Å². The van der Waals surface area contributed by atoms with Crippen LogP contribution in [-0.2, 0) is 4.79 Å². The number of carbonyl (C=O) groups is 1. The smallest absolute Gasteiger partial charge is 0.262 e. The van der Waals surface area contributed by atoms with Crippen LogP contribution in [0.4, 0.5) is 5.69 Å². The van der Waals surface area contributed by atoms with Crippen molar-refractivity contribution in [1.29, 1.82) is 0 Å². The van der Waals surface area contributed by atoms with Gasteiger partial charge in [-0.15, -0.1) is 0 Å². The van der Waals surface area contributed by atoms with Crippen LogP contribution in [0, 0.1) is 3.57 Å². The standard InChI is InChI=1S/C14H11BrINO2/c15-10-4-6-13(7-5-10)19-9-14(18)17-12-3-1-2-11(16)8-12/h1-8H,9H2,(H,17,18). The van der Waals surface area contributed by atoms with E-state index in [1.54, 1.807) is 0 Å². The monoisotopic (exact) mass is 431 g/mol. The van der Waals surface area contributed by atoms with E-state index in [9.17, 15) is 4.79 Å². The molecule has 2 aromatic carbocycles. The molecule has 2 aromatic rings. The van der Waals surface area contributed by atoms with Crippen molar-refractivity contribution in [3.8, 4) is 5.75 Å². The minimum atomic E-state index is -0.176. The van der Waals surface area contributed by atoms with E-state index in [1.807, 2.05) is 48.5 Å². The first-order chi connectivity index (χ1) is 9.13. The van der Waals surface area contributed by atoms with Gasteiger partial charge in [0.1, 0.15) is 5.75 Å². The van der Waals surface area contributed by atoms with E-state index in [0.29, 0.717) is 5.75 Å². The average molecular weight is 432 g/mol. The zero-order valence-electron chi connectivity index (χ0n) is 9.90. The molecule has 0 saturated heterocycles. The van der Waals surface area contributed by atoms with Gasteiger partial charge in [0, 0.05) is 13.7 Å². The minimum absolute atomic E-state index is 0.00684. The summed E-state index contributed by atoms with van der Waals surface area (Å²) in [6.45, 7) is -0.00684. The Bertz CT molecular complexity index is 572. The van der Waals surface area contributed by atoms with Crippen LogP contribution in [0.5, 0.6) is 5.75 Å². The van der Waals surface area contributed by atoms with Crippen LogP contribution in [-0.4, -0.2) is 12.5 Å². The predicted molar refractivity (Wildman–Crippen MR) is 87.4 cm³/mol. The summed E-state index contributed by atoms with van der Waals surface area (Å²) < 4.78 is 7.44. The third-order valence-electron chi connectivity index (χ3n) is 2.29. The lowest BCUT2D eigenvalue weighted by Gasteiger charge is -2.07. The van der Waals surface area contributed by atoms with E-state index in [0.717, 1.165) is 13.7 Å². The van der Waals surface area contributed by atoms with E-state index >= 15 is 0 Å². The lowest BCUT2D eigenvalue weighted by Crippen LogP contribution is -2.20. The second-order valence-corrected chi connectivity index (χ2v) is 5.96. The number of carbonyl (C=O) groups excluding carboxylic acids is 1. The molecule has 98 valence electrons. The number of hydrogen-bond acceptors (Lipinski definition) is 2. The maximum absolute atomic E-state index is 11.7. The Balaban J connectivity index is 1.86. The van der Waals surface area contributed by atoms with Crippen LogP contribution >= 0.6 is 38.5 Å². The van der Waals surface area contributed by atoms with Gasteiger partial charge in [-0.05, 0) is 65.1 Å². The second kappa shape index (κ2) is 6.91. The van der Waals surface area contributed by atoms with Crippen molar-refractivity contribution in [2.45, 2.75) is 0 Å². The normalized spacial score (nSPS) is 10.0. The van der Waals surface area contributed by atoms with Crippen molar-refractivity contribution < 1.29 is 9.53 Å². The fourth-order valence-electron chi connectivity index (χ4n) is 1.44. The van der Waals surface area contributed by atoms with Crippen LogP contribution in [0.15, 0.2) is 53.0 Å². The summed E-state index contributed by atoms with van der Waals surface area (Å²) >= 11 is 5.54. The van der Waals surface area contributed by atoms with Gasteiger partial charge in [-0.3, -0.25) is 4.79 Å². The van der Waals surface area contributed by atoms with Gasteiger partial charge in [0.2, 0.25) is 0 Å². The molecule has 3 nitrogen and oxygen atoms in total. The van der Waals surface area contributed by atoms with Gasteiger partial charge in [0.15, 0.2) is 6.61 Å². The Hall–Kier alpha value is -1.08. The summed E-state index contributed by atoms with van der Waals surface area (Å²) in [5.41, 5.74) is 0.774. The van der Waals surface area contributed by atoms with Crippen LogP contribution in [0.1, 0.15) is 0 Å². The molecule has 0 aliphatic heterocycles. The van der Waals surface area contributed by atoms with Gasteiger partial charge >= 0.3 is 0 Å². The van der Waals surface area contributed by atoms with Crippen molar-refractivity contribution in [3.63, 3.8) is 0 Å². The van der Waals surface area contributed by atoms with Gasteiger partial charge < -0.3 is 10.1 Å². The lowest BCUT2D eigenvalue weighted by molar-refractivity contribution is -0.118. The highest BCUT2D eigenvalue weighted by atomic mass is 127. The molecule has 0 bridgehead atoms. The molecule has 19 heavy (non-hydrogen) atoms. The molecule has 5 heteroatoms. The molecule has 0 saturated carbocycles. The highest BCUT2D eigenvalue weighted by Crippen LogP contribution is 2.16. The summed E-state index contributed by atoms with van der Waals surface area (Å²) in [4.78, 5) is 11.7. The first-order valence-electron chi connectivity index (χ1n) is 5.57. The van der Waals surface area contributed by atoms with Gasteiger partial charge in [-0.25, -0.2) is 0 Å². The molecule has 0 radical (unpaired) electrons. The molecule has 0 aliphatic carbocycles. The number of amides is 1. The highest BCUT2D eigenvalue weighted by molar-refractivity contribution is 14.1. The first kappa shape index (κ1) is 14.3. The van der Waals surface area contributed by atoms with Crippen LogP contribution < -0.4 is 10.1 Å². The fraction of sp³-hybridized carbons (Fsp3) is 0.0714. The maximum atomic E-state index is 11.7. The summed E-state index contributed by atoms with van der Waals surface area (Å²) in [5, 5.41) is 2.79. The molecular formula is C14H11BrINO2. The molecule has 0 aromatic heterocycles. The number of anilines is 1. The quantitative estimate of drug-likeness (QED) is 0.741. The van der Waals surface area contributed by atoms with Crippen molar-refractivity contribution in [2.24, 2.45) is 0 Å². The summed E-state index contributed by atoms with van der Waals surface area (Å²) in [7, 11) is 0. The lowest BCUT2D eigenvalue weighted by atomic mass is 10.3. The minimum Gasteiger partial charge on any atom is -0.484 e. The molecule has 1 amide bonds. The molecular weight excluding hydrogens is 421 g/mol. The Morgan fingerprint density at radius 3 is 2.63 bits per heavy atom. The van der Waals surface area contributed by atoms with Crippen LogP contribution in [0.2, 0.25) is 0 Å². The van der Waals surface area contributed by atoms with Crippen molar-refractivity contribution in [3.05, 3.63) is 56.6 Å². The fourth-order valence-corrected chi connectivity index (χ4v) is 2.25.